The number of hydrogen-bond acceptors (Lipinski definition) is 3. The van der Waals surface area contributed by atoms with Gasteiger partial charge in [-0.3, -0.25) is 0 Å². The largest absolute Gasteiger partial charge is 0.454 e. The number of rotatable bonds is 5. The summed E-state index contributed by atoms with van der Waals surface area (Å²) < 4.78 is 12.7. The Labute approximate surface area is 135 Å². The minimum Gasteiger partial charge on any atom is -0.454 e. The monoisotopic (exact) mass is 315 g/mol. The number of nitrogens with zero attached hydrogens (tertiary/aromatic N) is 1. The molecule has 1 aliphatic heterocycles. The van der Waals surface area contributed by atoms with E-state index in [1.54, 1.807) is 0 Å². The van der Waals surface area contributed by atoms with Crippen LogP contribution in [0.3, 0.4) is 0 Å². The van der Waals surface area contributed by atoms with Crippen molar-refractivity contribution in [1.82, 2.24) is 15.2 Å². The average molecular weight is 315 g/mol. The van der Waals surface area contributed by atoms with Crippen LogP contribution in [0.2, 0.25) is 0 Å². The van der Waals surface area contributed by atoms with E-state index in [1.165, 1.54) is 5.69 Å². The maximum absolute atomic E-state index is 11.8. The molecule has 6 nitrogen and oxygen atoms in total. The fourth-order valence-corrected chi connectivity index (χ4v) is 2.49. The van der Waals surface area contributed by atoms with Crippen LogP contribution in [0, 0.1) is 6.92 Å². The highest BCUT2D eigenvalue weighted by Gasteiger charge is 2.13. The molecule has 2 amide bonds. The van der Waals surface area contributed by atoms with Gasteiger partial charge in [0.15, 0.2) is 11.5 Å². The van der Waals surface area contributed by atoms with Crippen LogP contribution in [0.1, 0.15) is 17.0 Å². The predicted molar refractivity (Wildman–Crippen MR) is 86.7 cm³/mol. The van der Waals surface area contributed by atoms with Gasteiger partial charge in [-0.2, -0.15) is 0 Å². The van der Waals surface area contributed by atoms with Gasteiger partial charge < -0.3 is 24.7 Å². The lowest BCUT2D eigenvalue weighted by Gasteiger charge is -2.09. The summed E-state index contributed by atoms with van der Waals surface area (Å²) in [6.07, 6.45) is 0.743. The van der Waals surface area contributed by atoms with Gasteiger partial charge in [-0.25, -0.2) is 4.79 Å². The van der Waals surface area contributed by atoms with Crippen LogP contribution in [0.15, 0.2) is 30.3 Å². The molecule has 23 heavy (non-hydrogen) atoms. The van der Waals surface area contributed by atoms with Gasteiger partial charge in [0.1, 0.15) is 0 Å². The van der Waals surface area contributed by atoms with Crippen molar-refractivity contribution < 1.29 is 14.3 Å². The van der Waals surface area contributed by atoms with Crippen molar-refractivity contribution in [3.63, 3.8) is 0 Å². The summed E-state index contributed by atoms with van der Waals surface area (Å²) in [5.41, 5.74) is 3.35. The zero-order chi connectivity index (χ0) is 16.2. The number of carbonyl (C=O) groups excluding carboxylic acids is 1. The molecule has 2 aromatic rings. The SMILES string of the molecule is Cc1ccc(CNC(=O)NCCc2ccc3c(c2)OCO3)n1C. The number of benzene rings is 1. The molecule has 0 fully saturated rings. The molecule has 3 rings (SSSR count). The number of carbonyl (C=O) groups is 1. The number of fused-ring (bicyclic) bond motifs is 1. The molecule has 2 heterocycles. The third-order valence-corrected chi connectivity index (χ3v) is 4.04. The topological polar surface area (TPSA) is 64.5 Å². The van der Waals surface area contributed by atoms with Crippen LogP contribution in [0.25, 0.3) is 0 Å². The van der Waals surface area contributed by atoms with E-state index in [4.69, 9.17) is 9.47 Å². The van der Waals surface area contributed by atoms with Crippen molar-refractivity contribution in [2.24, 2.45) is 7.05 Å². The second-order valence-corrected chi connectivity index (χ2v) is 5.57. The summed E-state index contributed by atoms with van der Waals surface area (Å²) in [5, 5.41) is 5.73. The molecule has 0 radical (unpaired) electrons. The second kappa shape index (κ2) is 6.64. The highest BCUT2D eigenvalue weighted by Crippen LogP contribution is 2.32. The first-order chi connectivity index (χ1) is 11.1. The lowest BCUT2D eigenvalue weighted by molar-refractivity contribution is 0.174. The third-order valence-electron chi connectivity index (χ3n) is 4.04. The summed E-state index contributed by atoms with van der Waals surface area (Å²) in [6.45, 7) is 3.39. The van der Waals surface area contributed by atoms with E-state index >= 15 is 0 Å². The second-order valence-electron chi connectivity index (χ2n) is 5.57. The highest BCUT2D eigenvalue weighted by atomic mass is 16.7. The number of hydrogen-bond donors (Lipinski definition) is 2. The zero-order valence-electron chi connectivity index (χ0n) is 13.4. The van der Waals surface area contributed by atoms with Gasteiger partial charge in [0.05, 0.1) is 6.54 Å². The molecule has 6 heteroatoms. The minimum atomic E-state index is -0.162. The number of nitrogens with one attached hydrogen (secondary N) is 2. The molecule has 122 valence electrons. The van der Waals surface area contributed by atoms with E-state index in [9.17, 15) is 4.79 Å². The maximum Gasteiger partial charge on any atom is 0.315 e. The van der Waals surface area contributed by atoms with E-state index in [2.05, 4.69) is 15.2 Å². The van der Waals surface area contributed by atoms with Crippen molar-refractivity contribution in [3.05, 3.63) is 47.3 Å². The number of ether oxygens (including phenoxy) is 2. The van der Waals surface area contributed by atoms with E-state index in [0.29, 0.717) is 13.1 Å². The fraction of sp³-hybridized carbons (Fsp3) is 0.353. The first kappa shape index (κ1) is 15.3. The van der Waals surface area contributed by atoms with Gasteiger partial charge in [-0.1, -0.05) is 6.07 Å². The molecule has 0 aliphatic carbocycles. The summed E-state index contributed by atoms with van der Waals surface area (Å²) in [7, 11) is 1.99. The van der Waals surface area contributed by atoms with Crippen LogP contribution in [-0.2, 0) is 20.0 Å². The summed E-state index contributed by atoms with van der Waals surface area (Å²) in [6, 6.07) is 9.73. The smallest absolute Gasteiger partial charge is 0.315 e. The van der Waals surface area contributed by atoms with Gasteiger partial charge in [0.2, 0.25) is 6.79 Å². The van der Waals surface area contributed by atoms with Gasteiger partial charge in [-0.05, 0) is 43.2 Å². The van der Waals surface area contributed by atoms with Gasteiger partial charge >= 0.3 is 6.03 Å². The lowest BCUT2D eigenvalue weighted by atomic mass is 10.1. The lowest BCUT2D eigenvalue weighted by Crippen LogP contribution is -2.36. The molecule has 0 saturated carbocycles. The van der Waals surface area contributed by atoms with Crippen LogP contribution in [-0.4, -0.2) is 23.9 Å². The molecule has 1 aliphatic rings. The van der Waals surface area contributed by atoms with Crippen molar-refractivity contribution in [2.45, 2.75) is 19.9 Å². The molecule has 0 spiro atoms. The highest BCUT2D eigenvalue weighted by molar-refractivity contribution is 5.73. The average Bonchev–Trinajstić information content (AvgIpc) is 3.13. The normalized spacial score (nSPS) is 12.3. The maximum atomic E-state index is 11.8. The Morgan fingerprint density at radius 2 is 2.00 bits per heavy atom. The van der Waals surface area contributed by atoms with Crippen molar-refractivity contribution in [3.8, 4) is 11.5 Å². The number of aryl methyl sites for hydroxylation is 1. The summed E-state index contributed by atoms with van der Waals surface area (Å²) >= 11 is 0. The zero-order valence-corrected chi connectivity index (χ0v) is 13.4. The van der Waals surface area contributed by atoms with Crippen molar-refractivity contribution in [1.29, 1.82) is 0 Å². The van der Waals surface area contributed by atoms with Gasteiger partial charge in [0, 0.05) is 25.0 Å². The van der Waals surface area contributed by atoms with Crippen molar-refractivity contribution >= 4 is 6.03 Å². The van der Waals surface area contributed by atoms with Crippen LogP contribution >= 0.6 is 0 Å². The molecule has 0 unspecified atom stereocenters. The van der Waals surface area contributed by atoms with Crippen LogP contribution < -0.4 is 20.1 Å². The van der Waals surface area contributed by atoms with Crippen LogP contribution in [0.5, 0.6) is 11.5 Å². The molecule has 0 bridgehead atoms. The summed E-state index contributed by atoms with van der Waals surface area (Å²) in [4.78, 5) is 11.8. The van der Waals surface area contributed by atoms with E-state index in [1.807, 2.05) is 44.3 Å². The quantitative estimate of drug-likeness (QED) is 0.888. The molecular weight excluding hydrogens is 294 g/mol. The molecule has 0 atom stereocenters. The van der Waals surface area contributed by atoms with Gasteiger partial charge in [0.25, 0.3) is 0 Å². The van der Waals surface area contributed by atoms with E-state index < -0.39 is 0 Å². The fourth-order valence-electron chi connectivity index (χ4n) is 2.49. The Morgan fingerprint density at radius 3 is 2.78 bits per heavy atom. The Balaban J connectivity index is 1.42. The Morgan fingerprint density at radius 1 is 1.17 bits per heavy atom. The third kappa shape index (κ3) is 3.59. The Bertz CT molecular complexity index is 709. The molecular formula is C17H21N3O3. The van der Waals surface area contributed by atoms with E-state index in [-0.39, 0.29) is 12.8 Å². The number of amides is 2. The Kier molecular flexibility index (Phi) is 4.41. The molecule has 1 aromatic carbocycles. The van der Waals surface area contributed by atoms with E-state index in [0.717, 1.165) is 29.2 Å². The standard InChI is InChI=1S/C17H21N3O3/c1-12-3-5-14(20(12)2)10-19-17(21)18-8-7-13-4-6-15-16(9-13)23-11-22-15/h3-6,9H,7-8,10-11H2,1-2H3,(H2,18,19,21). The van der Waals surface area contributed by atoms with Crippen molar-refractivity contribution in [2.75, 3.05) is 13.3 Å². The first-order valence-electron chi connectivity index (χ1n) is 7.65. The van der Waals surface area contributed by atoms with Gasteiger partial charge in [-0.15, -0.1) is 0 Å². The Hall–Kier alpha value is -2.63. The predicted octanol–water partition coefficient (Wildman–Crippen LogP) is 2.10. The molecule has 0 saturated heterocycles. The molecule has 2 N–H and O–H groups in total. The first-order valence-corrected chi connectivity index (χ1v) is 7.65. The minimum absolute atomic E-state index is 0.162. The number of aromatic nitrogens is 1. The molecule has 1 aromatic heterocycles. The number of urea groups is 1. The van der Waals surface area contributed by atoms with Crippen LogP contribution in [0.4, 0.5) is 4.79 Å². The summed E-state index contributed by atoms with van der Waals surface area (Å²) in [5.74, 6) is 1.54.